The Labute approximate surface area is 179 Å². The third-order valence-electron chi connectivity index (χ3n) is 4.72. The van der Waals surface area contributed by atoms with Crippen LogP contribution in [0.1, 0.15) is 47.0 Å². The molecule has 0 aromatic heterocycles. The van der Waals surface area contributed by atoms with Crippen molar-refractivity contribution in [3.8, 4) is 0 Å². The van der Waals surface area contributed by atoms with Crippen molar-refractivity contribution in [3.05, 3.63) is 0 Å². The molecule has 1 aliphatic heterocycles. The first kappa shape index (κ1) is 26.7. The summed E-state index contributed by atoms with van der Waals surface area (Å²) in [6.45, 7) is 12.3. The van der Waals surface area contributed by atoms with Crippen LogP contribution in [-0.2, 0) is 0 Å². The third kappa shape index (κ3) is 12.0. The first-order chi connectivity index (χ1) is 12.3. The van der Waals surface area contributed by atoms with Crippen LogP contribution < -0.4 is 10.6 Å². The van der Waals surface area contributed by atoms with Gasteiger partial charge in [-0.25, -0.2) is 0 Å². The molecule has 0 saturated carbocycles. The molecule has 2 unspecified atom stereocenters. The fraction of sp³-hybridized carbons (Fsp3) is 0.944. The van der Waals surface area contributed by atoms with Crippen LogP contribution in [-0.4, -0.2) is 79.8 Å². The predicted octanol–water partition coefficient (Wildman–Crippen LogP) is 3.31. The second kappa shape index (κ2) is 13.8. The molecule has 1 rings (SSSR count). The molecule has 5 nitrogen and oxygen atoms in total. The van der Waals surface area contributed by atoms with Gasteiger partial charge in [0.2, 0.25) is 0 Å². The number of halogens is 4. The van der Waals surface area contributed by atoms with Crippen molar-refractivity contribution in [2.24, 2.45) is 4.99 Å². The van der Waals surface area contributed by atoms with Gasteiger partial charge in [0.1, 0.15) is 0 Å². The molecule has 2 N–H and O–H groups in total. The first-order valence-electron chi connectivity index (χ1n) is 9.86. The molecular weight excluding hydrogens is 470 g/mol. The monoisotopic (exact) mass is 507 g/mol. The molecule has 0 aromatic rings. The van der Waals surface area contributed by atoms with Crippen molar-refractivity contribution in [1.82, 2.24) is 20.4 Å². The molecule has 1 fully saturated rings. The zero-order valence-electron chi connectivity index (χ0n) is 17.1. The fourth-order valence-electron chi connectivity index (χ4n) is 3.30. The zero-order valence-corrected chi connectivity index (χ0v) is 19.4. The van der Waals surface area contributed by atoms with Crippen LogP contribution >= 0.6 is 24.0 Å². The molecule has 1 aliphatic rings. The van der Waals surface area contributed by atoms with E-state index in [2.05, 4.69) is 41.3 Å². The Bertz CT molecular complexity index is 416. The highest BCUT2D eigenvalue weighted by Crippen LogP contribution is 2.19. The molecule has 2 atom stereocenters. The van der Waals surface area contributed by atoms with Crippen molar-refractivity contribution in [2.45, 2.75) is 65.2 Å². The van der Waals surface area contributed by atoms with E-state index in [-0.39, 0.29) is 36.1 Å². The zero-order chi connectivity index (χ0) is 19.6. The van der Waals surface area contributed by atoms with Crippen molar-refractivity contribution in [2.75, 3.05) is 45.8 Å². The summed E-state index contributed by atoms with van der Waals surface area (Å²) in [6.07, 6.45) is -1.28. The van der Waals surface area contributed by atoms with Crippen LogP contribution in [0.15, 0.2) is 4.99 Å². The highest BCUT2D eigenvalue weighted by molar-refractivity contribution is 14.0. The highest BCUT2D eigenvalue weighted by Gasteiger charge is 2.34. The van der Waals surface area contributed by atoms with Gasteiger partial charge in [0.05, 0.1) is 6.54 Å². The Kier molecular flexibility index (Phi) is 13.7. The third-order valence-corrected chi connectivity index (χ3v) is 4.72. The molecule has 0 amide bonds. The fourth-order valence-corrected chi connectivity index (χ4v) is 3.30. The number of hydrogen-bond donors (Lipinski definition) is 2. The van der Waals surface area contributed by atoms with Gasteiger partial charge in [-0.1, -0.05) is 13.8 Å². The second-order valence-corrected chi connectivity index (χ2v) is 7.02. The Morgan fingerprint density at radius 3 is 2.48 bits per heavy atom. The van der Waals surface area contributed by atoms with Gasteiger partial charge in [0.15, 0.2) is 5.96 Å². The maximum Gasteiger partial charge on any atom is 0.401 e. The van der Waals surface area contributed by atoms with Crippen LogP contribution in [0.2, 0.25) is 0 Å². The number of rotatable bonds is 10. The number of aliphatic imine (C=N–C) groups is 1. The maximum absolute atomic E-state index is 12.5. The van der Waals surface area contributed by atoms with E-state index in [9.17, 15) is 13.2 Å². The number of nitrogens with one attached hydrogen (secondary N) is 2. The second-order valence-electron chi connectivity index (χ2n) is 7.02. The molecule has 0 aliphatic carbocycles. The average Bonchev–Trinajstić information content (AvgIpc) is 2.96. The van der Waals surface area contributed by atoms with Gasteiger partial charge >= 0.3 is 6.18 Å². The van der Waals surface area contributed by atoms with Gasteiger partial charge < -0.3 is 15.5 Å². The SMILES string of the molecule is CCN=C(NC(C)CCCN(CC)CC)NC1CCN(CC(F)(F)F)C1.I. The number of alkyl halides is 3. The summed E-state index contributed by atoms with van der Waals surface area (Å²) >= 11 is 0. The molecule has 0 bridgehead atoms. The normalized spacial score (nSPS) is 19.9. The van der Waals surface area contributed by atoms with E-state index in [1.807, 2.05) is 6.92 Å². The van der Waals surface area contributed by atoms with E-state index in [1.165, 1.54) is 4.90 Å². The van der Waals surface area contributed by atoms with Crippen molar-refractivity contribution in [1.29, 1.82) is 0 Å². The topological polar surface area (TPSA) is 42.9 Å². The maximum atomic E-state index is 12.5. The summed E-state index contributed by atoms with van der Waals surface area (Å²) in [5.74, 6) is 0.710. The standard InChI is InChI=1S/C18H36F3N5.HI/c1-5-22-17(23-15(4)9-8-11-25(6-2)7-3)24-16-10-12-26(13-16)14-18(19,20)21;/h15-16H,5-14H2,1-4H3,(H2,22,23,24);1H. The van der Waals surface area contributed by atoms with E-state index in [0.29, 0.717) is 32.0 Å². The summed E-state index contributed by atoms with van der Waals surface area (Å²) in [6, 6.07) is 0.286. The number of likely N-dealkylation sites (tertiary alicyclic amines) is 1. The van der Waals surface area contributed by atoms with Gasteiger partial charge in [-0.3, -0.25) is 9.89 Å². The molecule has 0 aromatic carbocycles. The highest BCUT2D eigenvalue weighted by atomic mass is 127. The summed E-state index contributed by atoms with van der Waals surface area (Å²) in [4.78, 5) is 8.30. The molecule has 1 heterocycles. The van der Waals surface area contributed by atoms with Gasteiger partial charge in [-0.2, -0.15) is 13.2 Å². The van der Waals surface area contributed by atoms with E-state index >= 15 is 0 Å². The van der Waals surface area contributed by atoms with Crippen molar-refractivity contribution >= 4 is 29.9 Å². The summed E-state index contributed by atoms with van der Waals surface area (Å²) < 4.78 is 37.5. The van der Waals surface area contributed by atoms with Gasteiger partial charge in [0.25, 0.3) is 0 Å². The number of hydrogen-bond acceptors (Lipinski definition) is 3. The largest absolute Gasteiger partial charge is 0.401 e. The Morgan fingerprint density at radius 2 is 1.93 bits per heavy atom. The Morgan fingerprint density at radius 1 is 1.26 bits per heavy atom. The summed E-state index contributed by atoms with van der Waals surface area (Å²) in [5, 5.41) is 6.70. The summed E-state index contributed by atoms with van der Waals surface area (Å²) in [5.41, 5.74) is 0. The van der Waals surface area contributed by atoms with Gasteiger partial charge in [-0.05, 0) is 52.7 Å². The molecule has 1 saturated heterocycles. The predicted molar refractivity (Wildman–Crippen MR) is 117 cm³/mol. The number of nitrogens with zero attached hydrogens (tertiary/aromatic N) is 3. The van der Waals surface area contributed by atoms with Gasteiger partial charge in [0, 0.05) is 31.7 Å². The van der Waals surface area contributed by atoms with Crippen LogP contribution in [0.4, 0.5) is 13.2 Å². The quantitative estimate of drug-likeness (QED) is 0.271. The summed E-state index contributed by atoms with van der Waals surface area (Å²) in [7, 11) is 0. The van der Waals surface area contributed by atoms with Crippen LogP contribution in [0.3, 0.4) is 0 Å². The first-order valence-corrected chi connectivity index (χ1v) is 9.86. The van der Waals surface area contributed by atoms with E-state index in [4.69, 9.17) is 0 Å². The van der Waals surface area contributed by atoms with Crippen LogP contribution in [0.25, 0.3) is 0 Å². The van der Waals surface area contributed by atoms with E-state index in [0.717, 1.165) is 32.5 Å². The van der Waals surface area contributed by atoms with Crippen LogP contribution in [0.5, 0.6) is 0 Å². The molecular formula is C18H37F3IN5. The molecule has 0 spiro atoms. The average molecular weight is 507 g/mol. The Balaban J connectivity index is 0.00000676. The lowest BCUT2D eigenvalue weighted by atomic mass is 10.1. The minimum Gasteiger partial charge on any atom is -0.354 e. The number of guanidine groups is 1. The molecule has 27 heavy (non-hydrogen) atoms. The van der Waals surface area contributed by atoms with E-state index in [1.54, 1.807) is 0 Å². The lowest BCUT2D eigenvalue weighted by molar-refractivity contribution is -0.143. The molecule has 9 heteroatoms. The molecule has 162 valence electrons. The smallest absolute Gasteiger partial charge is 0.354 e. The van der Waals surface area contributed by atoms with E-state index < -0.39 is 12.7 Å². The van der Waals surface area contributed by atoms with Gasteiger partial charge in [-0.15, -0.1) is 24.0 Å². The Hall–Kier alpha value is -0.290. The van der Waals surface area contributed by atoms with Crippen molar-refractivity contribution in [3.63, 3.8) is 0 Å². The van der Waals surface area contributed by atoms with Crippen molar-refractivity contribution < 1.29 is 13.2 Å². The van der Waals surface area contributed by atoms with Crippen LogP contribution in [0, 0.1) is 0 Å². The lowest BCUT2D eigenvalue weighted by Gasteiger charge is -2.23. The molecule has 0 radical (unpaired) electrons. The lowest BCUT2D eigenvalue weighted by Crippen LogP contribution is -2.48. The minimum atomic E-state index is -4.13. The minimum absolute atomic E-state index is 0.